The molecular formula is C16H16F2NO2+. The number of aliphatic hydroxyl groups is 1. The monoisotopic (exact) mass is 292 g/mol. The molecule has 0 radical (unpaired) electrons. The van der Waals surface area contributed by atoms with Gasteiger partial charge in [0.15, 0.2) is 11.6 Å². The molecule has 1 heterocycles. The van der Waals surface area contributed by atoms with Crippen molar-refractivity contribution >= 4 is 0 Å². The van der Waals surface area contributed by atoms with Gasteiger partial charge in [-0.05, 0) is 42.9 Å². The average Bonchev–Trinajstić information content (AvgIpc) is 2.62. The second-order valence-electron chi connectivity index (χ2n) is 5.40. The predicted molar refractivity (Wildman–Crippen MR) is 70.8 cm³/mol. The molecule has 0 fully saturated rings. The zero-order chi connectivity index (χ0) is 15.0. The van der Waals surface area contributed by atoms with E-state index in [-0.39, 0.29) is 5.92 Å². The topological polar surface area (TPSA) is 44.3 Å². The number of nitrogens with zero attached hydrogens (tertiary/aromatic N) is 1. The van der Waals surface area contributed by atoms with Crippen molar-refractivity contribution in [1.82, 2.24) is 0 Å². The summed E-state index contributed by atoms with van der Waals surface area (Å²) in [6.07, 6.45) is 2.00. The molecule has 0 saturated carbocycles. The molecule has 0 saturated heterocycles. The van der Waals surface area contributed by atoms with Crippen LogP contribution in [0, 0.1) is 11.6 Å². The minimum absolute atomic E-state index is 0.223. The van der Waals surface area contributed by atoms with Crippen LogP contribution >= 0.6 is 0 Å². The van der Waals surface area contributed by atoms with Gasteiger partial charge in [0.05, 0.1) is 0 Å². The molecule has 5 heteroatoms. The van der Waals surface area contributed by atoms with Crippen molar-refractivity contribution in [3.05, 3.63) is 65.0 Å². The normalized spacial score (nSPS) is 21.7. The number of aliphatic hydroxyl groups excluding tert-OH is 1. The standard InChI is InChI=1S/C16H16F2NO2/c17-13-5-1-4-12(15(13)18)10-6-7-14(20)16-11(9-10)3-2-8-19(16)21/h1-5,8,10,14,20-21H,6-7,9H2/q+1/t10-,14-/m1/s1. The van der Waals surface area contributed by atoms with E-state index in [0.717, 1.165) is 16.4 Å². The first kappa shape index (κ1) is 13.9. The van der Waals surface area contributed by atoms with Crippen molar-refractivity contribution < 1.29 is 23.8 Å². The van der Waals surface area contributed by atoms with E-state index in [4.69, 9.17) is 0 Å². The molecule has 2 aromatic rings. The SMILES string of the molecule is O[C@@H]1CC[C@@H](c2cccc(F)c2F)Cc2ccc[n+](O)c21. The Balaban J connectivity index is 2.02. The number of fused-ring (bicyclic) bond motifs is 1. The molecule has 2 N–H and O–H groups in total. The minimum atomic E-state index is -0.859. The molecular weight excluding hydrogens is 276 g/mol. The second-order valence-corrected chi connectivity index (χ2v) is 5.40. The van der Waals surface area contributed by atoms with Crippen molar-refractivity contribution in [3.63, 3.8) is 0 Å². The first-order chi connectivity index (χ1) is 10.1. The molecule has 3 nitrogen and oxygen atoms in total. The molecule has 2 atom stereocenters. The number of pyridine rings is 1. The van der Waals surface area contributed by atoms with Gasteiger partial charge in [0.1, 0.15) is 6.10 Å². The van der Waals surface area contributed by atoms with Crippen LogP contribution in [0.4, 0.5) is 8.78 Å². The lowest BCUT2D eigenvalue weighted by atomic mass is 9.90. The zero-order valence-corrected chi connectivity index (χ0v) is 11.3. The number of benzene rings is 1. The fourth-order valence-corrected chi connectivity index (χ4v) is 3.06. The van der Waals surface area contributed by atoms with Gasteiger partial charge in [0, 0.05) is 16.4 Å². The summed E-state index contributed by atoms with van der Waals surface area (Å²) in [5.74, 6) is -1.91. The maximum atomic E-state index is 14.0. The third kappa shape index (κ3) is 2.49. The highest BCUT2D eigenvalue weighted by molar-refractivity contribution is 5.29. The fourth-order valence-electron chi connectivity index (χ4n) is 3.06. The summed E-state index contributed by atoms with van der Waals surface area (Å²) >= 11 is 0. The Morgan fingerprint density at radius 3 is 2.71 bits per heavy atom. The van der Waals surface area contributed by atoms with Gasteiger partial charge < -0.3 is 5.11 Å². The fraction of sp³-hybridized carbons (Fsp3) is 0.312. The van der Waals surface area contributed by atoms with E-state index in [9.17, 15) is 19.1 Å². The summed E-state index contributed by atoms with van der Waals surface area (Å²) in [6, 6.07) is 7.63. The van der Waals surface area contributed by atoms with Crippen molar-refractivity contribution in [1.29, 1.82) is 0 Å². The van der Waals surface area contributed by atoms with Crippen LogP contribution in [-0.2, 0) is 6.42 Å². The van der Waals surface area contributed by atoms with Gasteiger partial charge >= 0.3 is 0 Å². The van der Waals surface area contributed by atoms with Crippen LogP contribution in [0.2, 0.25) is 0 Å². The minimum Gasteiger partial charge on any atom is -0.382 e. The summed E-state index contributed by atoms with van der Waals surface area (Å²) in [5, 5.41) is 20.0. The zero-order valence-electron chi connectivity index (χ0n) is 11.3. The Morgan fingerprint density at radius 1 is 1.10 bits per heavy atom. The molecule has 110 valence electrons. The third-order valence-corrected chi connectivity index (χ3v) is 4.09. The van der Waals surface area contributed by atoms with Crippen molar-refractivity contribution in [3.8, 4) is 0 Å². The van der Waals surface area contributed by atoms with Crippen LogP contribution in [0.25, 0.3) is 0 Å². The molecule has 0 spiro atoms. The molecule has 1 aromatic carbocycles. The van der Waals surface area contributed by atoms with Gasteiger partial charge in [-0.3, -0.25) is 5.21 Å². The molecule has 0 unspecified atom stereocenters. The number of halogens is 2. The Bertz CT molecular complexity index is 675. The molecule has 3 rings (SSSR count). The highest BCUT2D eigenvalue weighted by Gasteiger charge is 2.32. The summed E-state index contributed by atoms with van der Waals surface area (Å²) in [6.45, 7) is 0. The van der Waals surface area contributed by atoms with Crippen LogP contribution in [0.3, 0.4) is 0 Å². The van der Waals surface area contributed by atoms with Gasteiger partial charge in [-0.25, -0.2) is 8.78 Å². The summed E-state index contributed by atoms with van der Waals surface area (Å²) in [7, 11) is 0. The van der Waals surface area contributed by atoms with Crippen LogP contribution in [0.1, 0.15) is 41.7 Å². The first-order valence-electron chi connectivity index (χ1n) is 6.92. The van der Waals surface area contributed by atoms with E-state index < -0.39 is 17.7 Å². The molecule has 21 heavy (non-hydrogen) atoms. The lowest BCUT2D eigenvalue weighted by Gasteiger charge is -2.15. The lowest BCUT2D eigenvalue weighted by molar-refractivity contribution is -0.911. The first-order valence-corrected chi connectivity index (χ1v) is 6.92. The highest BCUT2D eigenvalue weighted by Crippen LogP contribution is 2.36. The van der Waals surface area contributed by atoms with Crippen molar-refractivity contribution in [2.75, 3.05) is 0 Å². The number of rotatable bonds is 1. The van der Waals surface area contributed by atoms with E-state index in [1.807, 2.05) is 0 Å². The van der Waals surface area contributed by atoms with Crippen LogP contribution in [-0.4, -0.2) is 10.3 Å². The summed E-state index contributed by atoms with van der Waals surface area (Å²) < 4.78 is 28.3. The third-order valence-electron chi connectivity index (χ3n) is 4.09. The van der Waals surface area contributed by atoms with Gasteiger partial charge in [-0.15, -0.1) is 0 Å². The van der Waals surface area contributed by atoms with Gasteiger partial charge in [-0.2, -0.15) is 0 Å². The van der Waals surface area contributed by atoms with Crippen LogP contribution in [0.5, 0.6) is 0 Å². The van der Waals surface area contributed by atoms with Crippen LogP contribution < -0.4 is 4.73 Å². The van der Waals surface area contributed by atoms with E-state index in [0.29, 0.717) is 30.5 Å². The lowest BCUT2D eigenvalue weighted by Crippen LogP contribution is -2.37. The maximum absolute atomic E-state index is 14.0. The maximum Gasteiger partial charge on any atom is 0.265 e. The molecule has 1 aromatic heterocycles. The largest absolute Gasteiger partial charge is 0.382 e. The van der Waals surface area contributed by atoms with E-state index in [1.54, 1.807) is 18.2 Å². The van der Waals surface area contributed by atoms with Crippen molar-refractivity contribution in [2.45, 2.75) is 31.3 Å². The number of hydrogen-bond donors (Lipinski definition) is 2. The highest BCUT2D eigenvalue weighted by atomic mass is 19.2. The molecule has 0 amide bonds. The van der Waals surface area contributed by atoms with Crippen LogP contribution in [0.15, 0.2) is 36.5 Å². The quantitative estimate of drug-likeness (QED) is 0.482. The summed E-state index contributed by atoms with van der Waals surface area (Å²) in [5.41, 5.74) is 1.50. The van der Waals surface area contributed by atoms with Gasteiger partial charge in [-0.1, -0.05) is 12.1 Å². The Labute approximate surface area is 121 Å². The Morgan fingerprint density at radius 2 is 1.90 bits per heavy atom. The molecule has 1 aliphatic carbocycles. The Hall–Kier alpha value is -2.01. The van der Waals surface area contributed by atoms with E-state index in [1.165, 1.54) is 12.3 Å². The average molecular weight is 292 g/mol. The Kier molecular flexibility index (Phi) is 3.59. The molecule has 0 aliphatic heterocycles. The predicted octanol–water partition coefficient (Wildman–Crippen LogP) is 2.64. The second kappa shape index (κ2) is 5.41. The van der Waals surface area contributed by atoms with Gasteiger partial charge in [0.25, 0.3) is 5.69 Å². The summed E-state index contributed by atoms with van der Waals surface area (Å²) in [4.78, 5) is 0. The smallest absolute Gasteiger partial charge is 0.265 e. The van der Waals surface area contributed by atoms with E-state index >= 15 is 0 Å². The molecule has 0 bridgehead atoms. The van der Waals surface area contributed by atoms with Crippen molar-refractivity contribution in [2.24, 2.45) is 0 Å². The van der Waals surface area contributed by atoms with Gasteiger partial charge in [0.2, 0.25) is 6.20 Å². The van der Waals surface area contributed by atoms with E-state index in [2.05, 4.69) is 0 Å². The number of hydrogen-bond acceptors (Lipinski definition) is 2. The number of aromatic nitrogens is 1. The molecule has 1 aliphatic rings.